The lowest BCUT2D eigenvalue weighted by Gasteiger charge is -2.16. The van der Waals surface area contributed by atoms with Gasteiger partial charge >= 0.3 is 0 Å². The van der Waals surface area contributed by atoms with Crippen molar-refractivity contribution in [1.82, 2.24) is 0 Å². The van der Waals surface area contributed by atoms with Crippen LogP contribution in [0.2, 0.25) is 0 Å². The average molecular weight is 283 g/mol. The molecular weight excluding hydrogens is 262 g/mol. The fraction of sp³-hybridized carbons (Fsp3) is 0.500. The summed E-state index contributed by atoms with van der Waals surface area (Å²) in [5.41, 5.74) is 1.98. The van der Waals surface area contributed by atoms with Crippen LogP contribution in [-0.4, -0.2) is 20.0 Å². The molecule has 1 atom stereocenters. The molecule has 0 saturated heterocycles. The van der Waals surface area contributed by atoms with Gasteiger partial charge in [0.1, 0.15) is 5.75 Å². The minimum atomic E-state index is -3.76. The molecule has 0 aliphatic rings. The van der Waals surface area contributed by atoms with Gasteiger partial charge in [0.05, 0.1) is 0 Å². The van der Waals surface area contributed by atoms with E-state index in [4.69, 9.17) is 5.14 Å². The number of primary sulfonamides is 1. The molecule has 1 unspecified atom stereocenters. The number of Topliss-reactive ketones (excluding diaryl/α,β-unsaturated/α-hetero) is 1. The number of carbonyl (C=O) groups is 1. The molecule has 19 heavy (non-hydrogen) atoms. The topological polar surface area (TPSA) is 77.2 Å². The molecule has 0 bridgehead atoms. The highest BCUT2D eigenvalue weighted by atomic mass is 32.2. The maximum Gasteiger partial charge on any atom is 0.216 e. The Kier molecular flexibility index (Phi) is 5.26. The SMILES string of the molecule is CC(C)Cc1ccccc1C(C)C(=O)CS(N)(=O)=O. The minimum Gasteiger partial charge on any atom is -0.298 e. The number of benzene rings is 1. The van der Waals surface area contributed by atoms with Gasteiger partial charge < -0.3 is 0 Å². The highest BCUT2D eigenvalue weighted by molar-refractivity contribution is 7.89. The minimum absolute atomic E-state index is 0.362. The lowest BCUT2D eigenvalue weighted by Crippen LogP contribution is -2.26. The van der Waals surface area contributed by atoms with Gasteiger partial charge in [-0.15, -0.1) is 0 Å². The molecule has 2 N–H and O–H groups in total. The van der Waals surface area contributed by atoms with E-state index in [-0.39, 0.29) is 5.78 Å². The molecule has 0 amide bonds. The van der Waals surface area contributed by atoms with E-state index >= 15 is 0 Å². The third kappa shape index (κ3) is 5.12. The van der Waals surface area contributed by atoms with Crippen LogP contribution >= 0.6 is 0 Å². The number of hydrogen-bond donors (Lipinski definition) is 1. The Morgan fingerprint density at radius 3 is 2.32 bits per heavy atom. The van der Waals surface area contributed by atoms with Crippen molar-refractivity contribution in [3.8, 4) is 0 Å². The normalized spacial score (nSPS) is 13.5. The summed E-state index contributed by atoms with van der Waals surface area (Å²) in [6.45, 7) is 5.94. The Morgan fingerprint density at radius 1 is 1.21 bits per heavy atom. The van der Waals surface area contributed by atoms with Crippen molar-refractivity contribution >= 4 is 15.8 Å². The van der Waals surface area contributed by atoms with Gasteiger partial charge in [0, 0.05) is 5.92 Å². The van der Waals surface area contributed by atoms with Crippen molar-refractivity contribution in [2.75, 3.05) is 5.75 Å². The maximum atomic E-state index is 11.9. The second kappa shape index (κ2) is 6.30. The quantitative estimate of drug-likeness (QED) is 0.865. The lowest BCUT2D eigenvalue weighted by atomic mass is 9.89. The molecule has 0 spiro atoms. The predicted octanol–water partition coefficient (Wildman–Crippen LogP) is 1.85. The Bertz CT molecular complexity index is 550. The summed E-state index contributed by atoms with van der Waals surface area (Å²) < 4.78 is 22.0. The number of hydrogen-bond acceptors (Lipinski definition) is 3. The van der Waals surface area contributed by atoms with Crippen LogP contribution in [0.1, 0.15) is 37.8 Å². The monoisotopic (exact) mass is 283 g/mol. The molecule has 0 fully saturated rings. The molecule has 5 heteroatoms. The Morgan fingerprint density at radius 2 is 1.79 bits per heavy atom. The van der Waals surface area contributed by atoms with Crippen molar-refractivity contribution in [3.63, 3.8) is 0 Å². The molecule has 1 rings (SSSR count). The van der Waals surface area contributed by atoms with Crippen molar-refractivity contribution in [3.05, 3.63) is 35.4 Å². The molecule has 0 aliphatic heterocycles. The summed E-state index contributed by atoms with van der Waals surface area (Å²) in [5, 5.41) is 4.92. The van der Waals surface area contributed by atoms with Gasteiger partial charge in [-0.2, -0.15) is 0 Å². The molecular formula is C14H21NO3S. The fourth-order valence-electron chi connectivity index (χ4n) is 2.08. The number of nitrogens with two attached hydrogens (primary N) is 1. The smallest absolute Gasteiger partial charge is 0.216 e. The van der Waals surface area contributed by atoms with E-state index < -0.39 is 21.7 Å². The molecule has 0 saturated carbocycles. The van der Waals surface area contributed by atoms with Crippen molar-refractivity contribution in [2.45, 2.75) is 33.1 Å². The van der Waals surface area contributed by atoms with E-state index in [0.717, 1.165) is 17.5 Å². The van der Waals surface area contributed by atoms with E-state index in [1.807, 2.05) is 24.3 Å². The highest BCUT2D eigenvalue weighted by Crippen LogP contribution is 2.23. The van der Waals surface area contributed by atoms with Gasteiger partial charge in [-0.3, -0.25) is 4.79 Å². The first-order valence-electron chi connectivity index (χ1n) is 6.31. The molecule has 106 valence electrons. The lowest BCUT2D eigenvalue weighted by molar-refractivity contribution is -0.117. The summed E-state index contributed by atoms with van der Waals surface area (Å²) in [5.74, 6) is -0.946. The van der Waals surface area contributed by atoms with Gasteiger partial charge in [-0.25, -0.2) is 13.6 Å². The van der Waals surface area contributed by atoms with Crippen LogP contribution in [0.15, 0.2) is 24.3 Å². The number of carbonyl (C=O) groups excluding carboxylic acids is 1. The standard InChI is InChI=1S/C14H21NO3S/c1-10(2)8-12-6-4-5-7-13(12)11(3)14(16)9-19(15,17)18/h4-7,10-11H,8-9H2,1-3H3,(H2,15,17,18). The predicted molar refractivity (Wildman–Crippen MR) is 76.4 cm³/mol. The van der Waals surface area contributed by atoms with Crippen LogP contribution in [-0.2, 0) is 21.2 Å². The first-order valence-corrected chi connectivity index (χ1v) is 8.03. The Balaban J connectivity index is 2.99. The Labute approximate surface area is 115 Å². The van der Waals surface area contributed by atoms with Crippen LogP contribution in [0.4, 0.5) is 0 Å². The van der Waals surface area contributed by atoms with Crippen LogP contribution in [0.5, 0.6) is 0 Å². The van der Waals surface area contributed by atoms with Crippen LogP contribution in [0, 0.1) is 5.92 Å². The van der Waals surface area contributed by atoms with Crippen molar-refractivity contribution in [1.29, 1.82) is 0 Å². The summed E-state index contributed by atoms with van der Waals surface area (Å²) >= 11 is 0. The van der Waals surface area contributed by atoms with Crippen LogP contribution < -0.4 is 5.14 Å². The largest absolute Gasteiger partial charge is 0.298 e. The fourth-order valence-corrected chi connectivity index (χ4v) is 2.73. The van der Waals surface area contributed by atoms with Gasteiger partial charge in [0.2, 0.25) is 10.0 Å². The number of ketones is 1. The summed E-state index contributed by atoms with van der Waals surface area (Å²) in [7, 11) is -3.76. The zero-order valence-corrected chi connectivity index (χ0v) is 12.4. The molecule has 1 aromatic rings. The van der Waals surface area contributed by atoms with Crippen molar-refractivity contribution < 1.29 is 13.2 Å². The van der Waals surface area contributed by atoms with E-state index in [2.05, 4.69) is 13.8 Å². The maximum absolute atomic E-state index is 11.9. The van der Waals surface area contributed by atoms with E-state index in [9.17, 15) is 13.2 Å². The van der Waals surface area contributed by atoms with Gasteiger partial charge in [0.25, 0.3) is 0 Å². The zero-order chi connectivity index (χ0) is 14.6. The highest BCUT2D eigenvalue weighted by Gasteiger charge is 2.22. The third-order valence-corrected chi connectivity index (χ3v) is 3.66. The third-order valence-electron chi connectivity index (χ3n) is 2.98. The summed E-state index contributed by atoms with van der Waals surface area (Å²) in [6, 6.07) is 7.65. The average Bonchev–Trinajstić information content (AvgIpc) is 2.25. The van der Waals surface area contributed by atoms with E-state index in [1.165, 1.54) is 0 Å². The van der Waals surface area contributed by atoms with E-state index in [0.29, 0.717) is 5.92 Å². The van der Waals surface area contributed by atoms with Crippen LogP contribution in [0.3, 0.4) is 0 Å². The molecule has 0 radical (unpaired) electrons. The van der Waals surface area contributed by atoms with Crippen LogP contribution in [0.25, 0.3) is 0 Å². The summed E-state index contributed by atoms with van der Waals surface area (Å²) in [6.07, 6.45) is 0.864. The van der Waals surface area contributed by atoms with Gasteiger partial charge in [-0.1, -0.05) is 45.0 Å². The molecule has 0 aromatic heterocycles. The molecule has 1 aromatic carbocycles. The number of sulfonamides is 1. The second-order valence-corrected chi connectivity index (χ2v) is 6.91. The first kappa shape index (κ1) is 15.9. The number of rotatable bonds is 6. The Hall–Kier alpha value is -1.20. The zero-order valence-electron chi connectivity index (χ0n) is 11.6. The molecule has 0 aliphatic carbocycles. The molecule has 4 nitrogen and oxygen atoms in total. The summed E-state index contributed by atoms with van der Waals surface area (Å²) in [4.78, 5) is 11.9. The molecule has 0 heterocycles. The van der Waals surface area contributed by atoms with E-state index in [1.54, 1.807) is 6.92 Å². The second-order valence-electron chi connectivity index (χ2n) is 5.29. The van der Waals surface area contributed by atoms with Gasteiger partial charge in [0.15, 0.2) is 5.78 Å². The van der Waals surface area contributed by atoms with Gasteiger partial charge in [-0.05, 0) is 23.5 Å². The first-order chi connectivity index (χ1) is 8.70. The van der Waals surface area contributed by atoms with Crippen molar-refractivity contribution in [2.24, 2.45) is 11.1 Å².